The van der Waals surface area contributed by atoms with E-state index in [1.807, 2.05) is 6.07 Å². The van der Waals surface area contributed by atoms with Crippen LogP contribution in [-0.2, 0) is 9.84 Å². The Morgan fingerprint density at radius 3 is 2.12 bits per heavy atom. The van der Waals surface area contributed by atoms with Crippen molar-refractivity contribution in [1.29, 1.82) is 0 Å². The monoisotopic (exact) mass is 358 g/mol. The summed E-state index contributed by atoms with van der Waals surface area (Å²) in [6.45, 7) is 0. The number of hydrogen-bond acceptors (Lipinski definition) is 4. The average Bonchev–Trinajstić information content (AvgIpc) is 2.94. The summed E-state index contributed by atoms with van der Waals surface area (Å²) in [6, 6.07) is 15.0. The van der Waals surface area contributed by atoms with Gasteiger partial charge < -0.3 is 10.6 Å². The zero-order valence-electron chi connectivity index (χ0n) is 13.4. The number of carbonyl (C=O) groups is 2. The van der Waals surface area contributed by atoms with E-state index >= 15 is 0 Å². The van der Waals surface area contributed by atoms with Crippen molar-refractivity contribution < 1.29 is 18.0 Å². The summed E-state index contributed by atoms with van der Waals surface area (Å²) in [5, 5.41) is 5.49. The second-order valence-corrected chi connectivity index (χ2v) is 8.20. The molecule has 2 aromatic carbocycles. The summed E-state index contributed by atoms with van der Waals surface area (Å²) in [5.41, 5.74) is 1.54. The molecule has 1 heterocycles. The Hall–Kier alpha value is -2.67. The maximum Gasteiger partial charge on any atom is 0.255 e. The van der Waals surface area contributed by atoms with Crippen molar-refractivity contribution in [3.05, 3.63) is 65.7 Å². The van der Waals surface area contributed by atoms with Crippen LogP contribution in [0.2, 0.25) is 0 Å². The van der Waals surface area contributed by atoms with E-state index in [0.29, 0.717) is 23.2 Å². The SMILES string of the molecule is O=C(Nc1ccc(C(=O)NC2CCS(=O)(=O)C2)cc1)c1ccccc1. The summed E-state index contributed by atoms with van der Waals surface area (Å²) in [7, 11) is -3.03. The maximum atomic E-state index is 12.2. The zero-order valence-corrected chi connectivity index (χ0v) is 14.3. The summed E-state index contributed by atoms with van der Waals surface area (Å²) >= 11 is 0. The van der Waals surface area contributed by atoms with Crippen LogP contribution in [0, 0.1) is 0 Å². The first kappa shape index (κ1) is 17.2. The molecule has 0 spiro atoms. The molecule has 2 aromatic rings. The van der Waals surface area contributed by atoms with Gasteiger partial charge in [-0.2, -0.15) is 0 Å². The van der Waals surface area contributed by atoms with Crippen molar-refractivity contribution in [2.45, 2.75) is 12.5 Å². The van der Waals surface area contributed by atoms with Crippen molar-refractivity contribution in [1.82, 2.24) is 5.32 Å². The highest BCUT2D eigenvalue weighted by molar-refractivity contribution is 7.91. The second kappa shape index (κ2) is 7.06. The molecule has 1 atom stereocenters. The first-order chi connectivity index (χ1) is 11.9. The predicted molar refractivity (Wildman–Crippen MR) is 95.4 cm³/mol. The largest absolute Gasteiger partial charge is 0.348 e. The molecule has 1 saturated heterocycles. The fraction of sp³-hybridized carbons (Fsp3) is 0.222. The predicted octanol–water partition coefficient (Wildman–Crippen LogP) is 1.86. The molecule has 2 N–H and O–H groups in total. The quantitative estimate of drug-likeness (QED) is 0.872. The number of amides is 2. The minimum Gasteiger partial charge on any atom is -0.348 e. The molecule has 3 rings (SSSR count). The molecule has 0 aromatic heterocycles. The summed E-state index contributed by atoms with van der Waals surface area (Å²) < 4.78 is 22.9. The van der Waals surface area contributed by atoms with Gasteiger partial charge in [0.2, 0.25) is 0 Å². The van der Waals surface area contributed by atoms with Crippen LogP contribution in [0.25, 0.3) is 0 Å². The Bertz CT molecular complexity index is 877. The number of anilines is 1. The molecule has 6 nitrogen and oxygen atoms in total. The fourth-order valence-corrected chi connectivity index (χ4v) is 4.35. The third-order valence-electron chi connectivity index (χ3n) is 4.01. The minimum absolute atomic E-state index is 0.00996. The number of rotatable bonds is 4. The highest BCUT2D eigenvalue weighted by Gasteiger charge is 2.29. The third-order valence-corrected chi connectivity index (χ3v) is 5.78. The Morgan fingerprint density at radius 2 is 1.52 bits per heavy atom. The van der Waals surface area contributed by atoms with Crippen molar-refractivity contribution in [3.63, 3.8) is 0 Å². The van der Waals surface area contributed by atoms with Crippen molar-refractivity contribution in [2.24, 2.45) is 0 Å². The van der Waals surface area contributed by atoms with E-state index in [1.54, 1.807) is 48.5 Å². The highest BCUT2D eigenvalue weighted by atomic mass is 32.2. The molecular formula is C18H18N2O4S. The zero-order chi connectivity index (χ0) is 17.9. The van der Waals surface area contributed by atoms with E-state index in [4.69, 9.17) is 0 Å². The molecule has 2 amide bonds. The van der Waals surface area contributed by atoms with Crippen LogP contribution in [-0.4, -0.2) is 37.8 Å². The van der Waals surface area contributed by atoms with Gasteiger partial charge >= 0.3 is 0 Å². The molecule has 1 unspecified atom stereocenters. The molecule has 0 aliphatic carbocycles. The van der Waals surface area contributed by atoms with E-state index in [2.05, 4.69) is 10.6 Å². The topological polar surface area (TPSA) is 92.3 Å². The second-order valence-electron chi connectivity index (χ2n) is 5.97. The third kappa shape index (κ3) is 4.45. The van der Waals surface area contributed by atoms with Gasteiger partial charge in [0, 0.05) is 22.9 Å². The lowest BCUT2D eigenvalue weighted by molar-refractivity contribution is 0.0940. The number of nitrogens with one attached hydrogen (secondary N) is 2. The van der Waals surface area contributed by atoms with Crippen LogP contribution in [0.4, 0.5) is 5.69 Å². The number of benzene rings is 2. The van der Waals surface area contributed by atoms with Gasteiger partial charge in [0.15, 0.2) is 9.84 Å². The molecule has 1 fully saturated rings. The van der Waals surface area contributed by atoms with Crippen molar-refractivity contribution >= 4 is 27.3 Å². The van der Waals surface area contributed by atoms with Crippen LogP contribution >= 0.6 is 0 Å². The molecule has 1 aliphatic heterocycles. The molecule has 0 saturated carbocycles. The van der Waals surface area contributed by atoms with Crippen molar-refractivity contribution in [3.8, 4) is 0 Å². The van der Waals surface area contributed by atoms with Gasteiger partial charge in [0.05, 0.1) is 11.5 Å². The maximum absolute atomic E-state index is 12.2. The van der Waals surface area contributed by atoms with Crippen molar-refractivity contribution in [2.75, 3.05) is 16.8 Å². The number of hydrogen-bond donors (Lipinski definition) is 2. The molecule has 7 heteroatoms. The van der Waals surface area contributed by atoms with Crippen LogP contribution < -0.4 is 10.6 Å². The molecule has 0 radical (unpaired) electrons. The Kier molecular flexibility index (Phi) is 4.85. The molecular weight excluding hydrogens is 340 g/mol. The average molecular weight is 358 g/mol. The Morgan fingerprint density at radius 1 is 0.880 bits per heavy atom. The molecule has 1 aliphatic rings. The Balaban J connectivity index is 1.60. The van der Waals surface area contributed by atoms with E-state index in [9.17, 15) is 18.0 Å². The Labute approximate surface area is 146 Å². The van der Waals surface area contributed by atoms with Gasteiger partial charge in [0.1, 0.15) is 0 Å². The van der Waals surface area contributed by atoms with Crippen LogP contribution in [0.5, 0.6) is 0 Å². The lowest BCUT2D eigenvalue weighted by Crippen LogP contribution is -2.35. The summed E-state index contributed by atoms with van der Waals surface area (Å²) in [6.07, 6.45) is 0.444. The minimum atomic E-state index is -3.03. The normalized spacial score (nSPS) is 18.5. The first-order valence-electron chi connectivity index (χ1n) is 7.91. The lowest BCUT2D eigenvalue weighted by Gasteiger charge is -2.11. The first-order valence-corrected chi connectivity index (χ1v) is 9.73. The standard InChI is InChI=1S/C18H18N2O4S/c21-17(13-4-2-1-3-5-13)19-15-8-6-14(7-9-15)18(22)20-16-10-11-25(23,24)12-16/h1-9,16H,10-12H2,(H,19,21)(H,20,22). The van der Waals surface area contributed by atoms with Gasteiger partial charge in [-0.15, -0.1) is 0 Å². The fourth-order valence-electron chi connectivity index (χ4n) is 2.68. The van der Waals surface area contributed by atoms with E-state index in [-0.39, 0.29) is 29.4 Å². The molecule has 25 heavy (non-hydrogen) atoms. The van der Waals surface area contributed by atoms with Crippen LogP contribution in [0.1, 0.15) is 27.1 Å². The van der Waals surface area contributed by atoms with Gasteiger partial charge in [0.25, 0.3) is 11.8 Å². The van der Waals surface area contributed by atoms with E-state index in [0.717, 1.165) is 0 Å². The highest BCUT2D eigenvalue weighted by Crippen LogP contribution is 2.14. The summed E-state index contributed by atoms with van der Waals surface area (Å²) in [4.78, 5) is 24.3. The van der Waals surface area contributed by atoms with Gasteiger partial charge in [-0.25, -0.2) is 8.42 Å². The lowest BCUT2D eigenvalue weighted by atomic mass is 10.1. The summed E-state index contributed by atoms with van der Waals surface area (Å²) in [5.74, 6) is -0.441. The van der Waals surface area contributed by atoms with Gasteiger partial charge in [-0.05, 0) is 42.8 Å². The number of sulfone groups is 1. The molecule has 0 bridgehead atoms. The van der Waals surface area contributed by atoms with E-state index in [1.165, 1.54) is 0 Å². The molecule has 130 valence electrons. The smallest absolute Gasteiger partial charge is 0.255 e. The number of carbonyl (C=O) groups excluding carboxylic acids is 2. The van der Waals surface area contributed by atoms with Crippen LogP contribution in [0.3, 0.4) is 0 Å². The van der Waals surface area contributed by atoms with Gasteiger partial charge in [-0.1, -0.05) is 18.2 Å². The van der Waals surface area contributed by atoms with E-state index < -0.39 is 9.84 Å². The van der Waals surface area contributed by atoms with Gasteiger partial charge in [-0.3, -0.25) is 9.59 Å². The van der Waals surface area contributed by atoms with Crippen LogP contribution in [0.15, 0.2) is 54.6 Å².